The van der Waals surface area contributed by atoms with Gasteiger partial charge in [0.15, 0.2) is 5.11 Å². The van der Waals surface area contributed by atoms with Gasteiger partial charge in [-0.15, -0.1) is 11.8 Å². The predicted molar refractivity (Wildman–Crippen MR) is 135 cm³/mol. The van der Waals surface area contributed by atoms with Crippen molar-refractivity contribution in [1.82, 2.24) is 15.7 Å². The Bertz CT molecular complexity index is 1040. The molecule has 4 rings (SSSR count). The molecule has 0 bridgehead atoms. The maximum Gasteiger partial charge on any atom is 0.414 e. The van der Waals surface area contributed by atoms with E-state index in [-0.39, 0.29) is 0 Å². The SMILES string of the molecule is CSc1ccccc1NC(=S)N1CCC2(C=C(OC(=O)NCc3ccc(Cl)cc3)NO2)CC1. The number of hydrogen-bond acceptors (Lipinski definition) is 6. The zero-order valence-corrected chi connectivity index (χ0v) is 20.5. The predicted octanol–water partition coefficient (Wildman–Crippen LogP) is 4.90. The molecular formula is C23H25ClN4O3S2. The molecule has 0 aromatic heterocycles. The summed E-state index contributed by atoms with van der Waals surface area (Å²) in [5.74, 6) is 0.298. The summed E-state index contributed by atoms with van der Waals surface area (Å²) >= 11 is 13.2. The first-order valence-corrected chi connectivity index (χ1v) is 12.5. The fourth-order valence-corrected chi connectivity index (χ4v) is 4.66. The molecule has 2 aliphatic rings. The molecule has 33 heavy (non-hydrogen) atoms. The first-order valence-electron chi connectivity index (χ1n) is 10.5. The summed E-state index contributed by atoms with van der Waals surface area (Å²) in [6, 6.07) is 15.3. The smallest absolute Gasteiger partial charge is 0.392 e. The molecule has 1 amide bonds. The van der Waals surface area contributed by atoms with E-state index < -0.39 is 11.7 Å². The largest absolute Gasteiger partial charge is 0.414 e. The Morgan fingerprint density at radius 1 is 1.24 bits per heavy atom. The standard InChI is InChI=1S/C23H25ClN4O3S2/c1-33-19-5-3-2-4-18(19)26-21(32)28-12-10-23(11-13-28)14-20(27-31-23)30-22(29)25-15-16-6-8-17(24)9-7-16/h2-9,14,27H,10-13,15H2,1H3,(H,25,29)(H,26,32). The number of likely N-dealkylation sites (tertiary alicyclic amines) is 1. The number of benzene rings is 2. The number of thioether (sulfide) groups is 1. The Hall–Kier alpha value is -2.46. The van der Waals surface area contributed by atoms with E-state index >= 15 is 0 Å². The number of rotatable bonds is 5. The van der Waals surface area contributed by atoms with Gasteiger partial charge in [0.1, 0.15) is 5.60 Å². The Morgan fingerprint density at radius 3 is 2.70 bits per heavy atom. The monoisotopic (exact) mass is 504 g/mol. The molecule has 10 heteroatoms. The van der Waals surface area contributed by atoms with Crippen LogP contribution in [0.1, 0.15) is 18.4 Å². The van der Waals surface area contributed by atoms with Gasteiger partial charge in [-0.3, -0.25) is 4.84 Å². The lowest BCUT2D eigenvalue weighted by atomic mass is 9.92. The zero-order valence-electron chi connectivity index (χ0n) is 18.1. The molecule has 3 N–H and O–H groups in total. The number of ether oxygens (including phenoxy) is 1. The van der Waals surface area contributed by atoms with Crippen LogP contribution in [0, 0.1) is 0 Å². The van der Waals surface area contributed by atoms with Crippen LogP contribution in [0.3, 0.4) is 0 Å². The van der Waals surface area contributed by atoms with Crippen LogP contribution in [0.5, 0.6) is 0 Å². The van der Waals surface area contributed by atoms with Crippen molar-refractivity contribution in [2.45, 2.75) is 29.9 Å². The maximum absolute atomic E-state index is 12.1. The van der Waals surface area contributed by atoms with Gasteiger partial charge in [-0.05, 0) is 48.3 Å². The second-order valence-electron chi connectivity index (χ2n) is 7.76. The maximum atomic E-state index is 12.1. The Balaban J connectivity index is 1.26. The number of piperidine rings is 1. The minimum absolute atomic E-state index is 0.298. The number of anilines is 1. The fourth-order valence-electron chi connectivity index (χ4n) is 3.69. The summed E-state index contributed by atoms with van der Waals surface area (Å²) in [6.45, 7) is 1.79. The van der Waals surface area contributed by atoms with E-state index in [1.165, 1.54) is 0 Å². The van der Waals surface area contributed by atoms with Gasteiger partial charge in [0.05, 0.1) is 5.69 Å². The van der Waals surface area contributed by atoms with Crippen molar-refractivity contribution >= 4 is 52.5 Å². The van der Waals surface area contributed by atoms with E-state index in [4.69, 9.17) is 33.4 Å². The van der Waals surface area contributed by atoms with E-state index in [9.17, 15) is 4.79 Å². The molecule has 0 aliphatic carbocycles. The number of hydrogen-bond donors (Lipinski definition) is 3. The van der Waals surface area contributed by atoms with Crippen LogP contribution in [-0.2, 0) is 16.1 Å². The average molecular weight is 505 g/mol. The number of hydroxylamine groups is 1. The Morgan fingerprint density at radius 2 is 1.97 bits per heavy atom. The molecule has 1 saturated heterocycles. The van der Waals surface area contributed by atoms with Gasteiger partial charge in [0.2, 0.25) is 5.88 Å². The number of thiocarbonyl (C=S) groups is 1. The van der Waals surface area contributed by atoms with Crippen LogP contribution >= 0.6 is 35.6 Å². The quantitative estimate of drug-likeness (QED) is 0.392. The summed E-state index contributed by atoms with van der Waals surface area (Å²) in [5, 5.41) is 7.41. The highest BCUT2D eigenvalue weighted by molar-refractivity contribution is 7.98. The molecule has 0 radical (unpaired) electrons. The van der Waals surface area contributed by atoms with Crippen molar-refractivity contribution in [2.24, 2.45) is 0 Å². The summed E-state index contributed by atoms with van der Waals surface area (Å²) < 4.78 is 5.36. The van der Waals surface area contributed by atoms with Crippen LogP contribution < -0.4 is 16.1 Å². The van der Waals surface area contributed by atoms with E-state index in [1.54, 1.807) is 23.9 Å². The average Bonchev–Trinajstić information content (AvgIpc) is 3.21. The van der Waals surface area contributed by atoms with E-state index in [0.29, 0.717) is 35.4 Å². The minimum Gasteiger partial charge on any atom is -0.392 e. The first-order chi connectivity index (χ1) is 16.0. The summed E-state index contributed by atoms with van der Waals surface area (Å²) in [4.78, 5) is 21.2. The lowest BCUT2D eigenvalue weighted by molar-refractivity contribution is -0.0739. The van der Waals surface area contributed by atoms with E-state index in [2.05, 4.69) is 27.1 Å². The highest BCUT2D eigenvalue weighted by Crippen LogP contribution is 2.33. The van der Waals surface area contributed by atoms with Crippen molar-refractivity contribution in [3.8, 4) is 0 Å². The van der Waals surface area contributed by atoms with Crippen molar-refractivity contribution in [2.75, 3.05) is 24.7 Å². The summed E-state index contributed by atoms with van der Waals surface area (Å²) in [5.41, 5.74) is 4.16. The molecule has 1 spiro atoms. The Kier molecular flexibility index (Phi) is 7.64. The molecule has 2 aromatic rings. The van der Waals surface area contributed by atoms with Crippen molar-refractivity contribution in [3.05, 3.63) is 71.1 Å². The number of alkyl carbamates (subject to hydrolysis) is 1. The summed E-state index contributed by atoms with van der Waals surface area (Å²) in [6.07, 6.45) is 4.75. The summed E-state index contributed by atoms with van der Waals surface area (Å²) in [7, 11) is 0. The highest BCUT2D eigenvalue weighted by atomic mass is 35.5. The number of amides is 1. The fraction of sp³-hybridized carbons (Fsp3) is 0.304. The molecule has 7 nitrogen and oxygen atoms in total. The van der Waals surface area contributed by atoms with Gasteiger partial charge < -0.3 is 20.3 Å². The molecule has 2 aliphatic heterocycles. The minimum atomic E-state index is -0.556. The van der Waals surface area contributed by atoms with Gasteiger partial charge in [-0.1, -0.05) is 35.9 Å². The Labute approximate surface area is 207 Å². The van der Waals surface area contributed by atoms with Crippen molar-refractivity contribution in [3.63, 3.8) is 0 Å². The molecular weight excluding hydrogens is 480 g/mol. The third kappa shape index (κ3) is 6.11. The van der Waals surface area contributed by atoms with Crippen LogP contribution in [0.4, 0.5) is 10.5 Å². The number of halogens is 1. The van der Waals surface area contributed by atoms with Crippen LogP contribution in [0.2, 0.25) is 5.02 Å². The zero-order chi connectivity index (χ0) is 23.3. The lowest BCUT2D eigenvalue weighted by Gasteiger charge is -2.37. The number of nitrogens with zero attached hydrogens (tertiary/aromatic N) is 1. The molecule has 2 heterocycles. The molecule has 0 saturated carbocycles. The van der Waals surface area contributed by atoms with Crippen molar-refractivity contribution < 1.29 is 14.4 Å². The normalized spacial score (nSPS) is 16.7. The highest BCUT2D eigenvalue weighted by Gasteiger charge is 2.40. The van der Waals surface area contributed by atoms with Crippen molar-refractivity contribution in [1.29, 1.82) is 0 Å². The number of para-hydroxylation sites is 1. The van der Waals surface area contributed by atoms with Crippen LogP contribution in [-0.4, -0.2) is 41.1 Å². The van der Waals surface area contributed by atoms with E-state index in [0.717, 1.165) is 29.2 Å². The third-order valence-corrected chi connectivity index (χ3v) is 6.96. The van der Waals surface area contributed by atoms with Crippen LogP contribution in [0.25, 0.3) is 0 Å². The topological polar surface area (TPSA) is 74.9 Å². The number of carbonyl (C=O) groups is 1. The second-order valence-corrected chi connectivity index (χ2v) is 9.44. The second kappa shape index (κ2) is 10.6. The van der Waals surface area contributed by atoms with Gasteiger partial charge in [0.25, 0.3) is 0 Å². The van der Waals surface area contributed by atoms with Gasteiger partial charge >= 0.3 is 6.09 Å². The number of carbonyl (C=O) groups excluding carboxylic acids is 1. The molecule has 0 atom stereocenters. The van der Waals surface area contributed by atoms with Crippen LogP contribution in [0.15, 0.2) is 65.4 Å². The molecule has 0 unspecified atom stereocenters. The first kappa shape index (κ1) is 23.7. The van der Waals surface area contributed by atoms with Gasteiger partial charge in [-0.2, -0.15) is 0 Å². The van der Waals surface area contributed by atoms with Gasteiger partial charge in [-0.25, -0.2) is 10.3 Å². The van der Waals surface area contributed by atoms with Gasteiger partial charge in [0, 0.05) is 48.5 Å². The van der Waals surface area contributed by atoms with E-state index in [1.807, 2.05) is 42.7 Å². The lowest BCUT2D eigenvalue weighted by Crippen LogP contribution is -2.48. The number of nitrogens with one attached hydrogen (secondary N) is 3. The third-order valence-electron chi connectivity index (χ3n) is 5.55. The molecule has 174 valence electrons. The molecule has 1 fully saturated rings. The molecule has 2 aromatic carbocycles.